The molecule has 2 atom stereocenters. The van der Waals surface area contributed by atoms with Crippen molar-refractivity contribution in [2.45, 2.75) is 58.5 Å². The summed E-state index contributed by atoms with van der Waals surface area (Å²) in [7, 11) is 0. The van der Waals surface area contributed by atoms with Crippen LogP contribution in [0, 0.1) is 5.92 Å². The van der Waals surface area contributed by atoms with Gasteiger partial charge in [0.25, 0.3) is 0 Å². The minimum Gasteiger partial charge on any atom is -0.480 e. The van der Waals surface area contributed by atoms with Crippen molar-refractivity contribution in [3.8, 4) is 0 Å². The second-order valence-electron chi connectivity index (χ2n) is 5.78. The summed E-state index contributed by atoms with van der Waals surface area (Å²) in [6, 6.07) is 0.155. The third-order valence-corrected chi connectivity index (χ3v) is 3.50. The van der Waals surface area contributed by atoms with E-state index in [9.17, 15) is 9.90 Å². The molecule has 1 rings (SSSR count). The molecular weight excluding hydrogens is 228 g/mol. The number of nitrogens with one attached hydrogen (secondary N) is 1. The largest absolute Gasteiger partial charge is 0.480 e. The highest BCUT2D eigenvalue weighted by Crippen LogP contribution is 2.14. The second kappa shape index (κ2) is 7.74. The Balaban J connectivity index is 2.63. The first kappa shape index (κ1) is 15.4. The van der Waals surface area contributed by atoms with Crippen LogP contribution < -0.4 is 5.32 Å². The van der Waals surface area contributed by atoms with Crippen LogP contribution in [0.4, 0.5) is 0 Å². The number of carbonyl (C=O) groups is 1. The van der Waals surface area contributed by atoms with Gasteiger partial charge in [0.05, 0.1) is 0 Å². The Bertz CT molecular complexity index is 250. The molecule has 106 valence electrons. The molecule has 0 aromatic carbocycles. The minimum absolute atomic E-state index is 0.320. The van der Waals surface area contributed by atoms with Crippen molar-refractivity contribution in [2.24, 2.45) is 5.92 Å². The molecule has 18 heavy (non-hydrogen) atoms. The molecule has 2 unspecified atom stereocenters. The van der Waals surface area contributed by atoms with Crippen molar-refractivity contribution in [3.05, 3.63) is 0 Å². The van der Waals surface area contributed by atoms with Crippen molar-refractivity contribution in [1.82, 2.24) is 10.2 Å². The van der Waals surface area contributed by atoms with Gasteiger partial charge in [-0.05, 0) is 31.7 Å². The van der Waals surface area contributed by atoms with Crippen molar-refractivity contribution < 1.29 is 9.90 Å². The maximum Gasteiger partial charge on any atom is 0.320 e. The zero-order chi connectivity index (χ0) is 13.5. The Hall–Kier alpha value is -0.610. The first-order valence-electron chi connectivity index (χ1n) is 7.24. The van der Waals surface area contributed by atoms with Crippen LogP contribution in [0.3, 0.4) is 0 Å². The number of aliphatic carboxylic acids is 1. The van der Waals surface area contributed by atoms with Gasteiger partial charge in [0, 0.05) is 19.1 Å². The maximum atomic E-state index is 11.4. The van der Waals surface area contributed by atoms with E-state index in [1.165, 1.54) is 12.8 Å². The summed E-state index contributed by atoms with van der Waals surface area (Å²) in [4.78, 5) is 13.6. The van der Waals surface area contributed by atoms with Gasteiger partial charge in [0.2, 0.25) is 0 Å². The van der Waals surface area contributed by atoms with Crippen molar-refractivity contribution >= 4 is 5.97 Å². The molecule has 1 aliphatic rings. The molecule has 1 fully saturated rings. The van der Waals surface area contributed by atoms with E-state index in [0.717, 1.165) is 32.5 Å². The fourth-order valence-electron chi connectivity index (χ4n) is 2.73. The van der Waals surface area contributed by atoms with E-state index in [4.69, 9.17) is 0 Å². The predicted octanol–water partition coefficient (Wildman–Crippen LogP) is 1.95. The van der Waals surface area contributed by atoms with Crippen LogP contribution in [-0.2, 0) is 4.79 Å². The normalized spacial score (nSPS) is 21.7. The zero-order valence-corrected chi connectivity index (χ0v) is 12.0. The van der Waals surface area contributed by atoms with Gasteiger partial charge in [-0.25, -0.2) is 0 Å². The molecule has 0 aromatic rings. The number of carboxylic acid groups (broad SMARTS) is 1. The van der Waals surface area contributed by atoms with Crippen LogP contribution >= 0.6 is 0 Å². The summed E-state index contributed by atoms with van der Waals surface area (Å²) in [6.07, 6.45) is 4.05. The van der Waals surface area contributed by atoms with Gasteiger partial charge in [-0.2, -0.15) is 0 Å². The minimum atomic E-state index is -0.671. The van der Waals surface area contributed by atoms with Gasteiger partial charge in [0.1, 0.15) is 6.04 Å². The van der Waals surface area contributed by atoms with Gasteiger partial charge in [-0.15, -0.1) is 0 Å². The maximum absolute atomic E-state index is 11.4. The highest BCUT2D eigenvalue weighted by molar-refractivity contribution is 5.73. The van der Waals surface area contributed by atoms with Crippen LogP contribution in [-0.4, -0.2) is 47.7 Å². The molecule has 1 aliphatic heterocycles. The molecule has 0 aromatic heterocycles. The number of nitrogens with zero attached hydrogens (tertiary/aromatic N) is 1. The summed E-state index contributed by atoms with van der Waals surface area (Å²) in [6.45, 7) is 9.17. The fraction of sp³-hybridized carbons (Fsp3) is 0.929. The number of carboxylic acids is 1. The van der Waals surface area contributed by atoms with Crippen LogP contribution in [0.1, 0.15) is 46.5 Å². The number of hydrogen-bond acceptors (Lipinski definition) is 3. The second-order valence-corrected chi connectivity index (χ2v) is 5.78. The summed E-state index contributed by atoms with van der Waals surface area (Å²) < 4.78 is 0. The van der Waals surface area contributed by atoms with E-state index in [0.29, 0.717) is 12.0 Å². The lowest BCUT2D eigenvalue weighted by Gasteiger charge is -2.32. The average molecular weight is 256 g/mol. The molecule has 0 saturated carbocycles. The van der Waals surface area contributed by atoms with Crippen molar-refractivity contribution in [2.75, 3.05) is 19.6 Å². The monoisotopic (exact) mass is 256 g/mol. The molecular formula is C14H28N2O2. The van der Waals surface area contributed by atoms with E-state index >= 15 is 0 Å². The van der Waals surface area contributed by atoms with Gasteiger partial charge in [0.15, 0.2) is 0 Å². The first-order valence-corrected chi connectivity index (χ1v) is 7.24. The van der Waals surface area contributed by atoms with Crippen molar-refractivity contribution in [3.63, 3.8) is 0 Å². The van der Waals surface area contributed by atoms with Gasteiger partial charge in [-0.1, -0.05) is 27.2 Å². The van der Waals surface area contributed by atoms with Crippen LogP contribution in [0.15, 0.2) is 0 Å². The Kier molecular flexibility index (Phi) is 6.65. The Morgan fingerprint density at radius 1 is 1.50 bits per heavy atom. The number of rotatable bonds is 8. The van der Waals surface area contributed by atoms with E-state index in [1.807, 2.05) is 0 Å². The quantitative estimate of drug-likeness (QED) is 0.697. The summed E-state index contributed by atoms with van der Waals surface area (Å²) >= 11 is 0. The standard InChI is InChI=1S/C14H28N2O2/c1-4-6-13(14(17)18)16(9-11(2)3)10-12-7-5-8-15-12/h11-13,15H,4-10H2,1-3H3,(H,17,18). The molecule has 0 spiro atoms. The molecule has 1 saturated heterocycles. The molecule has 0 amide bonds. The predicted molar refractivity (Wildman–Crippen MR) is 73.8 cm³/mol. The lowest BCUT2D eigenvalue weighted by Crippen LogP contribution is -2.48. The topological polar surface area (TPSA) is 52.6 Å². The molecule has 0 bridgehead atoms. The van der Waals surface area contributed by atoms with Crippen LogP contribution in [0.5, 0.6) is 0 Å². The Morgan fingerprint density at radius 3 is 2.67 bits per heavy atom. The first-order chi connectivity index (χ1) is 8.54. The number of hydrogen-bond donors (Lipinski definition) is 2. The Morgan fingerprint density at radius 2 is 2.22 bits per heavy atom. The highest BCUT2D eigenvalue weighted by Gasteiger charge is 2.28. The molecule has 0 radical (unpaired) electrons. The summed E-state index contributed by atoms with van der Waals surface area (Å²) in [5.41, 5.74) is 0. The highest BCUT2D eigenvalue weighted by atomic mass is 16.4. The molecule has 4 heteroatoms. The molecule has 0 aliphatic carbocycles. The van der Waals surface area contributed by atoms with E-state index < -0.39 is 5.97 Å². The van der Waals surface area contributed by atoms with E-state index in [-0.39, 0.29) is 6.04 Å². The van der Waals surface area contributed by atoms with Gasteiger partial charge >= 0.3 is 5.97 Å². The van der Waals surface area contributed by atoms with Gasteiger partial charge in [-0.3, -0.25) is 9.69 Å². The fourth-order valence-corrected chi connectivity index (χ4v) is 2.73. The molecule has 2 N–H and O–H groups in total. The lowest BCUT2D eigenvalue weighted by atomic mass is 10.1. The Labute approximate surface area is 111 Å². The summed E-state index contributed by atoms with van der Waals surface area (Å²) in [5, 5.41) is 12.9. The smallest absolute Gasteiger partial charge is 0.320 e. The molecule has 4 nitrogen and oxygen atoms in total. The van der Waals surface area contributed by atoms with Crippen LogP contribution in [0.2, 0.25) is 0 Å². The third kappa shape index (κ3) is 4.94. The third-order valence-electron chi connectivity index (χ3n) is 3.50. The average Bonchev–Trinajstić information content (AvgIpc) is 2.76. The lowest BCUT2D eigenvalue weighted by molar-refractivity contribution is -0.144. The van der Waals surface area contributed by atoms with E-state index in [1.54, 1.807) is 0 Å². The van der Waals surface area contributed by atoms with Gasteiger partial charge < -0.3 is 10.4 Å². The zero-order valence-electron chi connectivity index (χ0n) is 12.0. The molecule has 1 heterocycles. The summed E-state index contributed by atoms with van der Waals surface area (Å²) in [5.74, 6) is -0.166. The van der Waals surface area contributed by atoms with Crippen molar-refractivity contribution in [1.29, 1.82) is 0 Å². The van der Waals surface area contributed by atoms with Crippen LogP contribution in [0.25, 0.3) is 0 Å². The van der Waals surface area contributed by atoms with E-state index in [2.05, 4.69) is 31.0 Å². The SMILES string of the molecule is CCCC(C(=O)O)N(CC(C)C)CC1CCCN1.